The molecule has 0 atom stereocenters. The van der Waals surface area contributed by atoms with E-state index in [4.69, 9.17) is 4.74 Å². The summed E-state index contributed by atoms with van der Waals surface area (Å²) in [5, 5.41) is 3.34. The molecule has 1 saturated heterocycles. The van der Waals surface area contributed by atoms with Gasteiger partial charge in [-0.05, 0) is 25.5 Å². The SMILES string of the molecule is CCS(=O)(=O)N(C)CCCNC(=NC)N1CCC(Oc2ccccc2)CC1. The van der Waals surface area contributed by atoms with Gasteiger partial charge in [0.25, 0.3) is 0 Å². The number of para-hydroxylation sites is 1. The van der Waals surface area contributed by atoms with Crippen molar-refractivity contribution < 1.29 is 13.2 Å². The van der Waals surface area contributed by atoms with E-state index in [1.165, 1.54) is 4.31 Å². The van der Waals surface area contributed by atoms with E-state index in [-0.39, 0.29) is 11.9 Å². The van der Waals surface area contributed by atoms with Crippen LogP contribution in [0.5, 0.6) is 5.75 Å². The van der Waals surface area contributed by atoms with Crippen LogP contribution in [0, 0.1) is 0 Å². The zero-order valence-corrected chi connectivity index (χ0v) is 17.4. The quantitative estimate of drug-likeness (QED) is 0.412. The van der Waals surface area contributed by atoms with Crippen LogP contribution in [0.25, 0.3) is 0 Å². The van der Waals surface area contributed by atoms with Gasteiger partial charge in [0.2, 0.25) is 10.0 Å². The van der Waals surface area contributed by atoms with Gasteiger partial charge in [-0.2, -0.15) is 0 Å². The number of nitrogens with zero attached hydrogens (tertiary/aromatic N) is 3. The summed E-state index contributed by atoms with van der Waals surface area (Å²) < 4.78 is 31.0. The molecule has 1 aromatic carbocycles. The van der Waals surface area contributed by atoms with Crippen LogP contribution in [-0.2, 0) is 10.0 Å². The van der Waals surface area contributed by atoms with Crippen molar-refractivity contribution in [3.8, 4) is 5.75 Å². The molecule has 1 aliphatic heterocycles. The first-order valence-corrected chi connectivity index (χ1v) is 11.2. The molecular weight excluding hydrogens is 364 g/mol. The predicted molar refractivity (Wildman–Crippen MR) is 110 cm³/mol. The van der Waals surface area contributed by atoms with Crippen molar-refractivity contribution in [2.24, 2.45) is 4.99 Å². The van der Waals surface area contributed by atoms with Gasteiger partial charge in [0.1, 0.15) is 11.9 Å². The lowest BCUT2D eigenvalue weighted by Gasteiger charge is -2.34. The maximum atomic E-state index is 11.8. The first kappa shape index (κ1) is 21.5. The lowest BCUT2D eigenvalue weighted by atomic mass is 10.1. The Morgan fingerprint density at radius 3 is 2.56 bits per heavy atom. The van der Waals surface area contributed by atoms with E-state index in [0.717, 1.165) is 44.1 Å². The predicted octanol–water partition coefficient (Wildman–Crippen LogP) is 1.78. The summed E-state index contributed by atoms with van der Waals surface area (Å²) in [7, 11) is 0.304. The van der Waals surface area contributed by atoms with Gasteiger partial charge in [0.15, 0.2) is 5.96 Å². The maximum absolute atomic E-state index is 11.8. The Kier molecular flexibility index (Phi) is 8.37. The zero-order chi connectivity index (χ0) is 19.7. The monoisotopic (exact) mass is 396 g/mol. The number of aliphatic imine (C=N–C) groups is 1. The molecule has 0 aromatic heterocycles. The van der Waals surface area contributed by atoms with Gasteiger partial charge in [0, 0.05) is 53.1 Å². The number of hydrogen-bond donors (Lipinski definition) is 1. The van der Waals surface area contributed by atoms with E-state index in [0.29, 0.717) is 13.1 Å². The van der Waals surface area contributed by atoms with Crippen LogP contribution in [0.1, 0.15) is 26.2 Å². The fourth-order valence-electron chi connectivity index (χ4n) is 3.07. The van der Waals surface area contributed by atoms with E-state index in [9.17, 15) is 8.42 Å². The third-order valence-electron chi connectivity index (χ3n) is 4.77. The molecule has 1 heterocycles. The highest BCUT2D eigenvalue weighted by Gasteiger charge is 2.22. The molecule has 0 radical (unpaired) electrons. The van der Waals surface area contributed by atoms with E-state index < -0.39 is 10.0 Å². The smallest absolute Gasteiger partial charge is 0.213 e. The molecule has 2 rings (SSSR count). The number of nitrogens with one attached hydrogen (secondary N) is 1. The molecule has 0 aliphatic carbocycles. The van der Waals surface area contributed by atoms with E-state index >= 15 is 0 Å². The Hall–Kier alpha value is -1.80. The Morgan fingerprint density at radius 1 is 1.30 bits per heavy atom. The summed E-state index contributed by atoms with van der Waals surface area (Å²) in [5.74, 6) is 1.93. The molecule has 0 saturated carbocycles. The molecule has 0 unspecified atom stereocenters. The van der Waals surface area contributed by atoms with Crippen molar-refractivity contribution in [3.05, 3.63) is 30.3 Å². The van der Waals surface area contributed by atoms with Crippen molar-refractivity contribution in [2.75, 3.05) is 46.0 Å². The maximum Gasteiger partial charge on any atom is 0.213 e. The normalized spacial score (nSPS) is 16.6. The number of piperidine rings is 1. The number of rotatable bonds is 8. The molecule has 27 heavy (non-hydrogen) atoms. The van der Waals surface area contributed by atoms with Gasteiger partial charge in [-0.3, -0.25) is 4.99 Å². The lowest BCUT2D eigenvalue weighted by molar-refractivity contribution is 0.129. The van der Waals surface area contributed by atoms with Gasteiger partial charge < -0.3 is 15.0 Å². The van der Waals surface area contributed by atoms with Crippen molar-refractivity contribution in [2.45, 2.75) is 32.3 Å². The number of hydrogen-bond acceptors (Lipinski definition) is 4. The summed E-state index contributed by atoms with van der Waals surface area (Å²) >= 11 is 0. The molecule has 1 N–H and O–H groups in total. The highest BCUT2D eigenvalue weighted by atomic mass is 32.2. The van der Waals surface area contributed by atoms with Gasteiger partial charge in [-0.1, -0.05) is 18.2 Å². The number of guanidine groups is 1. The third kappa shape index (κ3) is 6.70. The van der Waals surface area contributed by atoms with Crippen LogP contribution in [0.2, 0.25) is 0 Å². The number of likely N-dealkylation sites (tertiary alicyclic amines) is 1. The fourth-order valence-corrected chi connectivity index (χ4v) is 3.92. The van der Waals surface area contributed by atoms with Gasteiger partial charge in [0.05, 0.1) is 5.75 Å². The second kappa shape index (κ2) is 10.5. The molecule has 0 amide bonds. The molecule has 1 aliphatic rings. The van der Waals surface area contributed by atoms with Crippen LogP contribution in [0.3, 0.4) is 0 Å². The average molecular weight is 397 g/mol. The Bertz CT molecular complexity index is 686. The molecule has 0 bridgehead atoms. The molecule has 8 heteroatoms. The van der Waals surface area contributed by atoms with Crippen molar-refractivity contribution in [3.63, 3.8) is 0 Å². The van der Waals surface area contributed by atoms with Crippen molar-refractivity contribution >= 4 is 16.0 Å². The highest BCUT2D eigenvalue weighted by Crippen LogP contribution is 2.18. The molecule has 1 fully saturated rings. The van der Waals surface area contributed by atoms with E-state index in [2.05, 4.69) is 15.2 Å². The minimum atomic E-state index is -3.11. The summed E-state index contributed by atoms with van der Waals surface area (Å²) in [6.45, 7) is 4.64. The summed E-state index contributed by atoms with van der Waals surface area (Å²) in [6.07, 6.45) is 2.87. The standard InChI is InChI=1S/C19H32N4O3S/c1-4-27(24,25)22(3)14-8-13-21-19(20-2)23-15-11-18(12-16-23)26-17-9-6-5-7-10-17/h5-7,9-10,18H,4,8,11-16H2,1-3H3,(H,20,21). The topological polar surface area (TPSA) is 74.2 Å². The molecular formula is C19H32N4O3S. The largest absolute Gasteiger partial charge is 0.490 e. The van der Waals surface area contributed by atoms with Gasteiger partial charge in [-0.15, -0.1) is 0 Å². The summed E-state index contributed by atoms with van der Waals surface area (Å²) in [6, 6.07) is 9.94. The minimum absolute atomic E-state index is 0.137. The van der Waals surface area contributed by atoms with Crippen LogP contribution in [0.4, 0.5) is 0 Å². The lowest BCUT2D eigenvalue weighted by Crippen LogP contribution is -2.48. The Morgan fingerprint density at radius 2 is 1.96 bits per heavy atom. The Balaban J connectivity index is 1.71. The Labute approximate surface area is 163 Å². The number of ether oxygens (including phenoxy) is 1. The van der Waals surface area contributed by atoms with Crippen molar-refractivity contribution in [1.29, 1.82) is 0 Å². The number of benzene rings is 1. The van der Waals surface area contributed by atoms with Crippen LogP contribution in [-0.4, -0.2) is 75.7 Å². The van der Waals surface area contributed by atoms with Gasteiger partial charge in [-0.25, -0.2) is 12.7 Å². The second-order valence-electron chi connectivity index (χ2n) is 6.67. The summed E-state index contributed by atoms with van der Waals surface area (Å²) in [4.78, 5) is 6.59. The first-order chi connectivity index (χ1) is 13.0. The van der Waals surface area contributed by atoms with Crippen molar-refractivity contribution in [1.82, 2.24) is 14.5 Å². The second-order valence-corrected chi connectivity index (χ2v) is 9.03. The van der Waals surface area contributed by atoms with Crippen LogP contribution >= 0.6 is 0 Å². The molecule has 0 spiro atoms. The van der Waals surface area contributed by atoms with Crippen LogP contribution in [0.15, 0.2) is 35.3 Å². The highest BCUT2D eigenvalue weighted by molar-refractivity contribution is 7.89. The zero-order valence-electron chi connectivity index (χ0n) is 16.6. The first-order valence-electron chi connectivity index (χ1n) is 9.57. The van der Waals surface area contributed by atoms with E-state index in [1.807, 2.05) is 30.3 Å². The molecule has 1 aromatic rings. The molecule has 152 valence electrons. The minimum Gasteiger partial charge on any atom is -0.490 e. The average Bonchev–Trinajstić information content (AvgIpc) is 2.69. The van der Waals surface area contributed by atoms with E-state index in [1.54, 1.807) is 21.0 Å². The van der Waals surface area contributed by atoms with Gasteiger partial charge >= 0.3 is 0 Å². The molecule has 7 nitrogen and oxygen atoms in total. The third-order valence-corrected chi connectivity index (χ3v) is 6.63. The number of sulfonamides is 1. The summed E-state index contributed by atoms with van der Waals surface area (Å²) in [5.41, 5.74) is 0. The fraction of sp³-hybridized carbons (Fsp3) is 0.632. The van der Waals surface area contributed by atoms with Crippen LogP contribution < -0.4 is 10.1 Å².